The van der Waals surface area contributed by atoms with Crippen molar-refractivity contribution in [3.63, 3.8) is 0 Å². The number of benzene rings is 2. The Hall–Kier alpha value is -3.42. The second-order valence-corrected chi connectivity index (χ2v) is 8.31. The van der Waals surface area contributed by atoms with Crippen LogP contribution in [0.1, 0.15) is 40.2 Å². The number of anilines is 1. The molecule has 1 amide bonds. The van der Waals surface area contributed by atoms with Crippen LogP contribution in [0, 0.1) is 11.7 Å². The van der Waals surface area contributed by atoms with Crippen LogP contribution in [0.4, 0.5) is 10.1 Å². The summed E-state index contributed by atoms with van der Waals surface area (Å²) in [5.41, 5.74) is 2.52. The minimum Gasteiger partial charge on any atom is -0.496 e. The first-order valence-corrected chi connectivity index (χ1v) is 10.6. The quantitative estimate of drug-likeness (QED) is 0.671. The molecular weight excluding hydrogens is 415 g/mol. The molecule has 1 unspecified atom stereocenters. The fourth-order valence-electron chi connectivity index (χ4n) is 4.54. The summed E-state index contributed by atoms with van der Waals surface area (Å²) in [7, 11) is 1.47. The molecule has 1 fully saturated rings. The highest BCUT2D eigenvalue weighted by atomic mass is 19.1. The van der Waals surface area contributed by atoms with Gasteiger partial charge in [0.25, 0.3) is 5.91 Å². The van der Waals surface area contributed by atoms with Crippen molar-refractivity contribution in [2.24, 2.45) is 5.92 Å². The lowest BCUT2D eigenvalue weighted by atomic mass is 9.89. The molecule has 2 N–H and O–H groups in total. The normalized spacial score (nSPS) is 18.1. The lowest BCUT2D eigenvalue weighted by molar-refractivity contribution is -0.149. The number of aliphatic carboxylic acids is 1. The van der Waals surface area contributed by atoms with Gasteiger partial charge in [0.05, 0.1) is 18.6 Å². The summed E-state index contributed by atoms with van der Waals surface area (Å²) < 4.78 is 18.5. The molecule has 2 heterocycles. The van der Waals surface area contributed by atoms with Gasteiger partial charge >= 0.3 is 5.97 Å². The maximum Gasteiger partial charge on any atom is 0.372 e. The van der Waals surface area contributed by atoms with Crippen molar-refractivity contribution in [3.05, 3.63) is 58.9 Å². The number of hydrogen-bond donors (Lipinski definition) is 2. The summed E-state index contributed by atoms with van der Waals surface area (Å²) in [6, 6.07) is 9.76. The number of Topliss-reactive ketones (excluding diaryl/α,β-unsaturated/α-hetero) is 1. The molecule has 2 aromatic rings. The first-order valence-electron chi connectivity index (χ1n) is 10.6. The van der Waals surface area contributed by atoms with E-state index in [4.69, 9.17) is 9.84 Å². The maximum absolute atomic E-state index is 13.3. The van der Waals surface area contributed by atoms with Crippen LogP contribution in [0.2, 0.25) is 0 Å². The molecule has 1 atom stereocenters. The largest absolute Gasteiger partial charge is 0.496 e. The highest BCUT2D eigenvalue weighted by Gasteiger charge is 2.35. The number of fused-ring (bicyclic) bond motifs is 1. The summed E-state index contributed by atoms with van der Waals surface area (Å²) in [5.74, 6) is -2.87. The van der Waals surface area contributed by atoms with Crippen LogP contribution in [0.15, 0.2) is 36.4 Å². The van der Waals surface area contributed by atoms with Crippen molar-refractivity contribution in [1.82, 2.24) is 4.90 Å². The Balaban J connectivity index is 1.47. The van der Waals surface area contributed by atoms with Gasteiger partial charge in [-0.2, -0.15) is 0 Å². The van der Waals surface area contributed by atoms with E-state index in [-0.39, 0.29) is 18.3 Å². The van der Waals surface area contributed by atoms with E-state index in [9.17, 15) is 18.8 Å². The molecule has 0 bridgehead atoms. The Bertz CT molecular complexity index is 1050. The van der Waals surface area contributed by atoms with Crippen LogP contribution in [0.25, 0.3) is 0 Å². The fraction of sp³-hybridized carbons (Fsp3) is 0.375. The molecule has 1 saturated heterocycles. The molecule has 8 heteroatoms. The molecule has 0 spiro atoms. The number of hydrogen-bond acceptors (Lipinski definition) is 5. The van der Waals surface area contributed by atoms with Crippen LogP contribution < -0.4 is 10.1 Å². The van der Waals surface area contributed by atoms with E-state index < -0.39 is 17.7 Å². The van der Waals surface area contributed by atoms with Gasteiger partial charge in [-0.15, -0.1) is 0 Å². The maximum atomic E-state index is 13.3. The summed E-state index contributed by atoms with van der Waals surface area (Å²) in [6.45, 7) is 1.34. The molecule has 0 aromatic heterocycles. The third kappa shape index (κ3) is 4.30. The average Bonchev–Trinajstić information content (AvgIpc) is 3.22. The lowest BCUT2D eigenvalue weighted by Crippen LogP contribution is -2.39. The van der Waals surface area contributed by atoms with Gasteiger partial charge in [-0.05, 0) is 54.5 Å². The summed E-state index contributed by atoms with van der Waals surface area (Å²) in [5, 5.41) is 12.1. The topological polar surface area (TPSA) is 95.9 Å². The number of carboxylic acids is 1. The number of piperidine rings is 1. The number of carbonyl (C=O) groups excluding carboxylic acids is 2. The van der Waals surface area contributed by atoms with Crippen LogP contribution in [-0.4, -0.2) is 54.4 Å². The fourth-order valence-corrected chi connectivity index (χ4v) is 4.54. The van der Waals surface area contributed by atoms with Crippen molar-refractivity contribution >= 4 is 23.3 Å². The van der Waals surface area contributed by atoms with E-state index in [1.807, 2.05) is 0 Å². The van der Waals surface area contributed by atoms with Crippen molar-refractivity contribution in [3.8, 4) is 5.75 Å². The number of ketones is 1. The van der Waals surface area contributed by atoms with Crippen LogP contribution >= 0.6 is 0 Å². The highest BCUT2D eigenvalue weighted by molar-refractivity contribution is 6.35. The van der Waals surface area contributed by atoms with Crippen molar-refractivity contribution in [1.29, 1.82) is 0 Å². The number of ether oxygens (including phenoxy) is 1. The van der Waals surface area contributed by atoms with Gasteiger partial charge in [0, 0.05) is 31.4 Å². The van der Waals surface area contributed by atoms with Crippen LogP contribution in [0.5, 0.6) is 5.75 Å². The van der Waals surface area contributed by atoms with Gasteiger partial charge in [0.1, 0.15) is 11.6 Å². The summed E-state index contributed by atoms with van der Waals surface area (Å²) in [4.78, 5) is 38.3. The molecular formula is C24H25FN2O5. The third-order valence-electron chi connectivity index (χ3n) is 6.34. The van der Waals surface area contributed by atoms with E-state index in [1.165, 1.54) is 19.2 Å². The molecule has 32 heavy (non-hydrogen) atoms. The number of carboxylic acid groups (broad SMARTS) is 1. The number of carbonyl (C=O) groups is 3. The minimum absolute atomic E-state index is 0.177. The first kappa shape index (κ1) is 21.8. The number of nitrogens with zero attached hydrogens (tertiary/aromatic N) is 1. The molecule has 168 valence electrons. The highest BCUT2D eigenvalue weighted by Crippen LogP contribution is 2.38. The Morgan fingerprint density at radius 3 is 2.47 bits per heavy atom. The monoisotopic (exact) mass is 440 g/mol. The number of amides is 1. The zero-order chi connectivity index (χ0) is 22.8. The average molecular weight is 440 g/mol. The van der Waals surface area contributed by atoms with Crippen molar-refractivity contribution < 1.29 is 28.6 Å². The zero-order valence-corrected chi connectivity index (χ0v) is 17.8. The molecule has 4 rings (SSSR count). The predicted molar refractivity (Wildman–Crippen MR) is 116 cm³/mol. The predicted octanol–water partition coefficient (Wildman–Crippen LogP) is 3.09. The van der Waals surface area contributed by atoms with Gasteiger partial charge < -0.3 is 20.1 Å². The number of methoxy groups -OCH3 is 1. The molecule has 2 aliphatic heterocycles. The minimum atomic E-state index is -1.49. The van der Waals surface area contributed by atoms with Gasteiger partial charge in [-0.25, -0.2) is 9.18 Å². The standard InChI is InChI=1S/C24H25FN2O5/c1-32-21-12-20-17(19(13-26-20)22(28)24(30)31)11-18(21)23(29)27-8-6-15(7-9-27)10-14-2-4-16(25)5-3-14/h2-5,11-12,15,19,26H,6-10,13H2,1H3,(H,30,31). The Morgan fingerprint density at radius 1 is 1.16 bits per heavy atom. The van der Waals surface area contributed by atoms with Gasteiger partial charge in [0.15, 0.2) is 0 Å². The van der Waals surface area contributed by atoms with E-state index in [0.29, 0.717) is 41.6 Å². The molecule has 0 aliphatic carbocycles. The number of likely N-dealkylation sites (tertiary alicyclic amines) is 1. The van der Waals surface area contributed by atoms with E-state index >= 15 is 0 Å². The van der Waals surface area contributed by atoms with Gasteiger partial charge in [-0.1, -0.05) is 12.1 Å². The molecule has 0 saturated carbocycles. The summed E-state index contributed by atoms with van der Waals surface area (Å²) >= 11 is 0. The Morgan fingerprint density at radius 2 is 1.84 bits per heavy atom. The lowest BCUT2D eigenvalue weighted by Gasteiger charge is -2.32. The smallest absolute Gasteiger partial charge is 0.372 e. The SMILES string of the molecule is COc1cc2c(cc1C(=O)N1CCC(Cc3ccc(F)cc3)CC1)C(C(=O)C(=O)O)CN2. The Kier molecular flexibility index (Phi) is 6.12. The number of nitrogens with one attached hydrogen (secondary N) is 1. The van der Waals surface area contributed by atoms with Crippen LogP contribution in [0.3, 0.4) is 0 Å². The van der Waals surface area contributed by atoms with E-state index in [1.54, 1.807) is 29.2 Å². The third-order valence-corrected chi connectivity index (χ3v) is 6.34. The van der Waals surface area contributed by atoms with E-state index in [0.717, 1.165) is 24.8 Å². The Labute approximate surface area is 185 Å². The molecule has 2 aromatic carbocycles. The van der Waals surface area contributed by atoms with Crippen molar-refractivity contribution in [2.45, 2.75) is 25.2 Å². The number of rotatable bonds is 6. The second kappa shape index (κ2) is 8.98. The van der Waals surface area contributed by atoms with E-state index in [2.05, 4.69) is 5.32 Å². The van der Waals surface area contributed by atoms with Gasteiger partial charge in [-0.3, -0.25) is 9.59 Å². The van der Waals surface area contributed by atoms with Crippen LogP contribution in [-0.2, 0) is 16.0 Å². The van der Waals surface area contributed by atoms with Crippen molar-refractivity contribution in [2.75, 3.05) is 32.1 Å². The van der Waals surface area contributed by atoms with Gasteiger partial charge in [0.2, 0.25) is 5.78 Å². The summed E-state index contributed by atoms with van der Waals surface area (Å²) in [6.07, 6.45) is 2.51. The zero-order valence-electron chi connectivity index (χ0n) is 17.8. The molecule has 0 radical (unpaired) electrons. The second-order valence-electron chi connectivity index (χ2n) is 8.31. The first-order chi connectivity index (χ1) is 15.4. The molecule has 7 nitrogen and oxygen atoms in total. The number of halogens is 1. The molecule has 2 aliphatic rings.